The second-order valence-corrected chi connectivity index (χ2v) is 3.51. The minimum atomic E-state index is -0.903. The fraction of sp³-hybridized carbons (Fsp3) is 0.364. The zero-order valence-electron chi connectivity index (χ0n) is 9.05. The Morgan fingerprint density at radius 3 is 2.56 bits per heavy atom. The van der Waals surface area contributed by atoms with Gasteiger partial charge in [0.25, 0.3) is 0 Å². The number of nitrogens with zero attached hydrogens (tertiary/aromatic N) is 1. The summed E-state index contributed by atoms with van der Waals surface area (Å²) in [5.74, 6) is -0.938. The smallest absolute Gasteiger partial charge is 0.317 e. The van der Waals surface area contributed by atoms with Crippen LogP contribution in [-0.4, -0.2) is 39.3 Å². The Labute approximate surface area is 93.6 Å². The van der Waals surface area contributed by atoms with E-state index in [0.717, 1.165) is 0 Å². The molecule has 0 radical (unpaired) electrons. The summed E-state index contributed by atoms with van der Waals surface area (Å²) < 4.78 is 0. The van der Waals surface area contributed by atoms with Gasteiger partial charge in [-0.25, -0.2) is 0 Å². The average molecular weight is 225 g/mol. The van der Waals surface area contributed by atoms with Gasteiger partial charge >= 0.3 is 5.97 Å². The molecular weight excluding hydrogens is 210 g/mol. The number of benzene rings is 1. The second kappa shape index (κ2) is 5.37. The molecule has 0 amide bonds. The molecule has 0 heterocycles. The molecule has 88 valence electrons. The Morgan fingerprint density at radius 1 is 1.38 bits per heavy atom. The number of aromatic hydroxyl groups is 2. The average Bonchev–Trinajstić information content (AvgIpc) is 2.20. The number of hydrogen-bond donors (Lipinski definition) is 3. The van der Waals surface area contributed by atoms with Gasteiger partial charge in [-0.3, -0.25) is 9.69 Å². The number of phenols is 2. The lowest BCUT2D eigenvalue weighted by atomic mass is 10.2. The molecule has 3 N–H and O–H groups in total. The highest BCUT2D eigenvalue weighted by Gasteiger charge is 2.10. The summed E-state index contributed by atoms with van der Waals surface area (Å²) in [5.41, 5.74) is 0.598. The van der Waals surface area contributed by atoms with Crippen LogP contribution in [-0.2, 0) is 11.3 Å². The van der Waals surface area contributed by atoms with E-state index in [-0.39, 0.29) is 18.0 Å². The number of likely N-dealkylation sites (N-methyl/N-ethyl adjacent to an activating group) is 1. The molecule has 0 atom stereocenters. The first-order chi connectivity index (χ1) is 7.52. The molecule has 0 unspecified atom stereocenters. The van der Waals surface area contributed by atoms with E-state index in [1.165, 1.54) is 12.1 Å². The Bertz CT molecular complexity index is 378. The summed E-state index contributed by atoms with van der Waals surface area (Å²) in [4.78, 5) is 12.2. The third-order valence-corrected chi connectivity index (χ3v) is 2.27. The molecular formula is C11H15NO4. The molecule has 5 heteroatoms. The number of hydrogen-bond acceptors (Lipinski definition) is 4. The van der Waals surface area contributed by atoms with Gasteiger partial charge < -0.3 is 15.3 Å². The normalized spacial score (nSPS) is 10.6. The van der Waals surface area contributed by atoms with E-state index in [4.69, 9.17) is 10.2 Å². The van der Waals surface area contributed by atoms with Crippen LogP contribution in [0.2, 0.25) is 0 Å². The molecule has 16 heavy (non-hydrogen) atoms. The van der Waals surface area contributed by atoms with Crippen molar-refractivity contribution in [3.05, 3.63) is 23.8 Å². The molecule has 0 spiro atoms. The third kappa shape index (κ3) is 3.43. The zero-order chi connectivity index (χ0) is 12.1. The van der Waals surface area contributed by atoms with Crippen molar-refractivity contribution in [1.82, 2.24) is 4.90 Å². The Kier molecular flexibility index (Phi) is 4.13. The van der Waals surface area contributed by atoms with E-state index in [1.54, 1.807) is 11.0 Å². The van der Waals surface area contributed by atoms with Crippen LogP contribution >= 0.6 is 0 Å². The van der Waals surface area contributed by atoms with Gasteiger partial charge in [-0.2, -0.15) is 0 Å². The third-order valence-electron chi connectivity index (χ3n) is 2.27. The van der Waals surface area contributed by atoms with Crippen molar-refractivity contribution in [2.45, 2.75) is 13.5 Å². The molecule has 0 fully saturated rings. The van der Waals surface area contributed by atoms with Crippen molar-refractivity contribution in [1.29, 1.82) is 0 Å². The summed E-state index contributed by atoms with van der Waals surface area (Å²) in [6.07, 6.45) is 0. The number of carbonyl (C=O) groups is 1. The van der Waals surface area contributed by atoms with E-state index in [2.05, 4.69) is 0 Å². The fourth-order valence-electron chi connectivity index (χ4n) is 1.40. The summed E-state index contributed by atoms with van der Waals surface area (Å²) in [6, 6.07) is 4.28. The highest BCUT2D eigenvalue weighted by Crippen LogP contribution is 2.23. The van der Waals surface area contributed by atoms with Crippen LogP contribution in [0.3, 0.4) is 0 Å². The molecule has 0 saturated heterocycles. The largest absolute Gasteiger partial charge is 0.508 e. The minimum Gasteiger partial charge on any atom is -0.508 e. The van der Waals surface area contributed by atoms with Gasteiger partial charge in [-0.15, -0.1) is 0 Å². The molecule has 1 rings (SSSR count). The summed E-state index contributed by atoms with van der Waals surface area (Å²) >= 11 is 0. The van der Waals surface area contributed by atoms with Crippen LogP contribution < -0.4 is 0 Å². The van der Waals surface area contributed by atoms with E-state index in [0.29, 0.717) is 18.7 Å². The number of carboxylic acid groups (broad SMARTS) is 1. The lowest BCUT2D eigenvalue weighted by molar-refractivity contribution is -0.138. The predicted molar refractivity (Wildman–Crippen MR) is 58.4 cm³/mol. The van der Waals surface area contributed by atoms with Crippen molar-refractivity contribution in [3.8, 4) is 11.5 Å². The molecule has 0 aromatic heterocycles. The number of carboxylic acids is 1. The van der Waals surface area contributed by atoms with Crippen LogP contribution in [0.25, 0.3) is 0 Å². The topological polar surface area (TPSA) is 81.0 Å². The molecule has 1 aromatic carbocycles. The summed E-state index contributed by atoms with van der Waals surface area (Å²) in [6.45, 7) is 2.69. The first-order valence-electron chi connectivity index (χ1n) is 4.98. The van der Waals surface area contributed by atoms with Crippen LogP contribution in [0, 0.1) is 0 Å². The molecule has 0 aliphatic rings. The maximum atomic E-state index is 10.6. The first kappa shape index (κ1) is 12.3. The molecule has 0 saturated carbocycles. The van der Waals surface area contributed by atoms with E-state index >= 15 is 0 Å². The quantitative estimate of drug-likeness (QED) is 0.696. The van der Waals surface area contributed by atoms with Crippen LogP contribution in [0.15, 0.2) is 18.2 Å². The van der Waals surface area contributed by atoms with E-state index in [9.17, 15) is 9.90 Å². The van der Waals surface area contributed by atoms with E-state index < -0.39 is 5.97 Å². The summed E-state index contributed by atoms with van der Waals surface area (Å²) in [7, 11) is 0. The lowest BCUT2D eigenvalue weighted by Crippen LogP contribution is -2.29. The molecule has 0 aliphatic heterocycles. The predicted octanol–water partition coefficient (Wildman–Crippen LogP) is 1.00. The van der Waals surface area contributed by atoms with Gasteiger partial charge in [0.2, 0.25) is 0 Å². The standard InChI is InChI=1S/C11H15NO4/c1-2-12(7-11(15)16)6-8-3-4-9(13)5-10(8)14/h3-5,13-14H,2,6-7H2,1H3,(H,15,16). The van der Waals surface area contributed by atoms with Gasteiger partial charge in [0, 0.05) is 18.2 Å². The highest BCUT2D eigenvalue weighted by atomic mass is 16.4. The van der Waals surface area contributed by atoms with Gasteiger partial charge in [0.1, 0.15) is 11.5 Å². The molecule has 5 nitrogen and oxygen atoms in total. The Morgan fingerprint density at radius 2 is 2.06 bits per heavy atom. The maximum absolute atomic E-state index is 10.6. The van der Waals surface area contributed by atoms with Crippen molar-refractivity contribution in [2.24, 2.45) is 0 Å². The Hall–Kier alpha value is -1.75. The SMILES string of the molecule is CCN(CC(=O)O)Cc1ccc(O)cc1O. The number of aliphatic carboxylic acids is 1. The van der Waals surface area contributed by atoms with Crippen molar-refractivity contribution >= 4 is 5.97 Å². The number of rotatable bonds is 5. The maximum Gasteiger partial charge on any atom is 0.317 e. The first-order valence-corrected chi connectivity index (χ1v) is 4.98. The van der Waals surface area contributed by atoms with Crippen molar-refractivity contribution in [3.63, 3.8) is 0 Å². The molecule has 0 aliphatic carbocycles. The highest BCUT2D eigenvalue weighted by molar-refractivity contribution is 5.69. The van der Waals surface area contributed by atoms with Gasteiger partial charge in [0.05, 0.1) is 6.54 Å². The van der Waals surface area contributed by atoms with Gasteiger partial charge in [-0.05, 0) is 12.6 Å². The lowest BCUT2D eigenvalue weighted by Gasteiger charge is -2.18. The molecule has 0 bridgehead atoms. The summed E-state index contributed by atoms with van der Waals surface area (Å²) in [5, 5.41) is 27.3. The van der Waals surface area contributed by atoms with Crippen LogP contribution in [0.1, 0.15) is 12.5 Å². The van der Waals surface area contributed by atoms with E-state index in [1.807, 2.05) is 6.92 Å². The van der Waals surface area contributed by atoms with Gasteiger partial charge in [-0.1, -0.05) is 13.0 Å². The van der Waals surface area contributed by atoms with Crippen molar-refractivity contribution in [2.75, 3.05) is 13.1 Å². The zero-order valence-corrected chi connectivity index (χ0v) is 9.05. The van der Waals surface area contributed by atoms with Crippen molar-refractivity contribution < 1.29 is 20.1 Å². The monoisotopic (exact) mass is 225 g/mol. The second-order valence-electron chi connectivity index (χ2n) is 3.51. The number of phenolic OH excluding ortho intramolecular Hbond substituents is 2. The van der Waals surface area contributed by atoms with Crippen LogP contribution in [0.5, 0.6) is 11.5 Å². The minimum absolute atomic E-state index is 0.0115. The fourth-order valence-corrected chi connectivity index (χ4v) is 1.40. The van der Waals surface area contributed by atoms with Gasteiger partial charge in [0.15, 0.2) is 0 Å². The Balaban J connectivity index is 2.73. The van der Waals surface area contributed by atoms with Crippen LogP contribution in [0.4, 0.5) is 0 Å². The molecule has 1 aromatic rings.